The van der Waals surface area contributed by atoms with Crippen LogP contribution in [0.25, 0.3) is 11.8 Å². The summed E-state index contributed by atoms with van der Waals surface area (Å²) in [5.41, 5.74) is 7.13. The molecule has 0 saturated carbocycles. The second-order valence-electron chi connectivity index (χ2n) is 6.83. The summed E-state index contributed by atoms with van der Waals surface area (Å²) < 4.78 is 7.31. The van der Waals surface area contributed by atoms with E-state index >= 15 is 0 Å². The molecule has 2 heterocycles. The highest BCUT2D eigenvalue weighted by molar-refractivity contribution is 6.31. The summed E-state index contributed by atoms with van der Waals surface area (Å²) >= 11 is 0. The average Bonchev–Trinajstić information content (AvgIpc) is 3.18. The number of hydrazine groups is 1. The molecule has 1 saturated heterocycles. The SMILES string of the molecule is COc1ccc(-n2c(C)cc(C=C3C(=O)NN(c4ccccc4)C3=O)c2C)cc1. The van der Waals surface area contributed by atoms with Crippen LogP contribution in [0.5, 0.6) is 5.75 Å². The Bertz CT molecular complexity index is 1110. The molecule has 3 aromatic rings. The maximum Gasteiger partial charge on any atom is 0.282 e. The van der Waals surface area contributed by atoms with Crippen LogP contribution in [0.1, 0.15) is 17.0 Å². The van der Waals surface area contributed by atoms with Crippen LogP contribution in [0.3, 0.4) is 0 Å². The molecule has 146 valence electrons. The van der Waals surface area contributed by atoms with Crippen LogP contribution < -0.4 is 15.2 Å². The fourth-order valence-corrected chi connectivity index (χ4v) is 3.53. The van der Waals surface area contributed by atoms with Crippen LogP contribution in [-0.4, -0.2) is 23.5 Å². The fraction of sp³-hybridized carbons (Fsp3) is 0.130. The standard InChI is InChI=1S/C23H21N3O3/c1-15-13-17(16(2)25(15)18-9-11-20(29-3)12-10-18)14-21-22(27)24-26(23(21)28)19-7-5-4-6-8-19/h4-14H,1-3H3,(H,24,27). The Balaban J connectivity index is 1.70. The van der Waals surface area contributed by atoms with Crippen LogP contribution in [-0.2, 0) is 9.59 Å². The third-order valence-electron chi connectivity index (χ3n) is 5.01. The molecule has 0 atom stereocenters. The van der Waals surface area contributed by atoms with Crippen molar-refractivity contribution in [1.29, 1.82) is 0 Å². The quantitative estimate of drug-likeness (QED) is 0.550. The minimum Gasteiger partial charge on any atom is -0.497 e. The Kier molecular flexibility index (Phi) is 4.68. The van der Waals surface area contributed by atoms with E-state index in [0.29, 0.717) is 5.69 Å². The van der Waals surface area contributed by atoms with Gasteiger partial charge in [-0.1, -0.05) is 18.2 Å². The number of aryl methyl sites for hydroxylation is 1. The number of hydrogen-bond donors (Lipinski definition) is 1. The molecule has 1 aliphatic heterocycles. The van der Waals surface area contributed by atoms with E-state index in [2.05, 4.69) is 9.99 Å². The zero-order valence-corrected chi connectivity index (χ0v) is 16.5. The second kappa shape index (κ2) is 7.31. The Morgan fingerprint density at radius 2 is 1.62 bits per heavy atom. The van der Waals surface area contributed by atoms with Crippen molar-refractivity contribution in [3.63, 3.8) is 0 Å². The summed E-state index contributed by atoms with van der Waals surface area (Å²) in [5, 5.41) is 1.27. The number of methoxy groups -OCH3 is 1. The van der Waals surface area contributed by atoms with Crippen molar-refractivity contribution in [1.82, 2.24) is 9.99 Å². The number of carbonyl (C=O) groups is 2. The van der Waals surface area contributed by atoms with Crippen LogP contribution >= 0.6 is 0 Å². The molecule has 1 aliphatic rings. The number of nitrogens with one attached hydrogen (secondary N) is 1. The smallest absolute Gasteiger partial charge is 0.282 e. The van der Waals surface area contributed by atoms with Crippen molar-refractivity contribution in [3.8, 4) is 11.4 Å². The number of anilines is 1. The summed E-state index contributed by atoms with van der Waals surface area (Å²) in [5.74, 6) is 0.0105. The molecular formula is C23H21N3O3. The Hall–Kier alpha value is -3.80. The molecule has 1 fully saturated rings. The molecule has 2 aromatic carbocycles. The van der Waals surface area contributed by atoms with E-state index in [1.807, 2.05) is 62.4 Å². The Morgan fingerprint density at radius 1 is 0.931 bits per heavy atom. The highest BCUT2D eigenvalue weighted by Crippen LogP contribution is 2.26. The molecule has 0 aliphatic carbocycles. The first-order valence-electron chi connectivity index (χ1n) is 9.25. The van der Waals surface area contributed by atoms with Gasteiger partial charge in [0.2, 0.25) is 0 Å². The molecule has 29 heavy (non-hydrogen) atoms. The molecule has 0 bridgehead atoms. The van der Waals surface area contributed by atoms with Crippen molar-refractivity contribution < 1.29 is 14.3 Å². The van der Waals surface area contributed by atoms with Gasteiger partial charge in [0.25, 0.3) is 11.8 Å². The molecule has 0 unspecified atom stereocenters. The first-order valence-corrected chi connectivity index (χ1v) is 9.25. The molecule has 1 aromatic heterocycles. The maximum atomic E-state index is 12.8. The molecular weight excluding hydrogens is 366 g/mol. The van der Waals surface area contributed by atoms with Gasteiger partial charge in [0.1, 0.15) is 11.3 Å². The number of amides is 2. The Morgan fingerprint density at radius 3 is 2.28 bits per heavy atom. The first-order chi connectivity index (χ1) is 14.0. The van der Waals surface area contributed by atoms with E-state index in [4.69, 9.17) is 4.74 Å². The van der Waals surface area contributed by atoms with E-state index in [-0.39, 0.29) is 11.5 Å². The number of hydrogen-bond acceptors (Lipinski definition) is 3. The van der Waals surface area contributed by atoms with Gasteiger partial charge in [-0.15, -0.1) is 0 Å². The predicted octanol–water partition coefficient (Wildman–Crippen LogP) is 3.56. The summed E-state index contributed by atoms with van der Waals surface area (Å²) in [4.78, 5) is 25.3. The first kappa shape index (κ1) is 18.6. The van der Waals surface area contributed by atoms with Gasteiger partial charge in [0.05, 0.1) is 12.8 Å². The van der Waals surface area contributed by atoms with Crippen LogP contribution in [0.2, 0.25) is 0 Å². The van der Waals surface area contributed by atoms with Crippen LogP contribution in [0.4, 0.5) is 5.69 Å². The monoisotopic (exact) mass is 387 g/mol. The van der Waals surface area contributed by atoms with Gasteiger partial charge >= 0.3 is 0 Å². The number of nitrogens with zero attached hydrogens (tertiary/aromatic N) is 2. The zero-order valence-electron chi connectivity index (χ0n) is 16.5. The van der Waals surface area contributed by atoms with E-state index in [1.54, 1.807) is 25.3 Å². The highest BCUT2D eigenvalue weighted by Gasteiger charge is 2.34. The fourth-order valence-electron chi connectivity index (χ4n) is 3.53. The lowest BCUT2D eigenvalue weighted by molar-refractivity contribution is -0.117. The zero-order chi connectivity index (χ0) is 20.5. The van der Waals surface area contributed by atoms with Crippen molar-refractivity contribution in [2.75, 3.05) is 12.1 Å². The van der Waals surface area contributed by atoms with Crippen molar-refractivity contribution in [3.05, 3.63) is 83.2 Å². The lowest BCUT2D eigenvalue weighted by Gasteiger charge is -2.13. The molecule has 4 rings (SSSR count). The van der Waals surface area contributed by atoms with Crippen molar-refractivity contribution >= 4 is 23.6 Å². The molecule has 2 amide bonds. The number of benzene rings is 2. The normalized spacial score (nSPS) is 15.1. The molecule has 0 radical (unpaired) electrons. The van der Waals surface area contributed by atoms with Gasteiger partial charge in [0.15, 0.2) is 0 Å². The number of carbonyl (C=O) groups excluding carboxylic acids is 2. The van der Waals surface area contributed by atoms with Gasteiger partial charge in [-0.25, -0.2) is 5.01 Å². The third kappa shape index (κ3) is 3.29. The van der Waals surface area contributed by atoms with E-state index < -0.39 is 5.91 Å². The number of para-hydroxylation sites is 1. The largest absolute Gasteiger partial charge is 0.497 e. The molecule has 6 nitrogen and oxygen atoms in total. The topological polar surface area (TPSA) is 63.6 Å². The minimum atomic E-state index is -0.409. The number of aromatic nitrogens is 1. The molecule has 1 N–H and O–H groups in total. The van der Waals surface area contributed by atoms with E-state index in [1.165, 1.54) is 5.01 Å². The second-order valence-corrected chi connectivity index (χ2v) is 6.83. The van der Waals surface area contributed by atoms with Gasteiger partial charge < -0.3 is 9.30 Å². The summed E-state index contributed by atoms with van der Waals surface area (Å²) in [6.45, 7) is 3.96. The number of ether oxygens (including phenoxy) is 1. The third-order valence-corrected chi connectivity index (χ3v) is 5.01. The van der Waals surface area contributed by atoms with Gasteiger partial charge in [-0.2, -0.15) is 0 Å². The lowest BCUT2D eigenvalue weighted by Crippen LogP contribution is -2.35. The van der Waals surface area contributed by atoms with Crippen molar-refractivity contribution in [2.45, 2.75) is 13.8 Å². The molecule has 0 spiro atoms. The van der Waals surface area contributed by atoms with Crippen molar-refractivity contribution in [2.24, 2.45) is 0 Å². The highest BCUT2D eigenvalue weighted by atomic mass is 16.5. The van der Waals surface area contributed by atoms with E-state index in [9.17, 15) is 9.59 Å². The molecule has 6 heteroatoms. The van der Waals surface area contributed by atoms with Crippen LogP contribution in [0, 0.1) is 13.8 Å². The van der Waals surface area contributed by atoms with Gasteiger partial charge in [-0.05, 0) is 68.0 Å². The maximum absolute atomic E-state index is 12.8. The minimum absolute atomic E-state index is 0.115. The summed E-state index contributed by atoms with van der Waals surface area (Å²) in [6, 6.07) is 18.8. The lowest BCUT2D eigenvalue weighted by atomic mass is 10.1. The average molecular weight is 387 g/mol. The summed E-state index contributed by atoms with van der Waals surface area (Å²) in [6.07, 6.45) is 1.66. The van der Waals surface area contributed by atoms with Gasteiger partial charge in [0, 0.05) is 17.1 Å². The Labute approximate surface area is 169 Å². The summed E-state index contributed by atoms with van der Waals surface area (Å²) in [7, 11) is 1.63. The van der Waals surface area contributed by atoms with Gasteiger partial charge in [-0.3, -0.25) is 15.0 Å². The predicted molar refractivity (Wildman–Crippen MR) is 112 cm³/mol. The van der Waals surface area contributed by atoms with E-state index in [0.717, 1.165) is 28.4 Å². The van der Waals surface area contributed by atoms with Crippen LogP contribution in [0.15, 0.2) is 66.2 Å². The number of rotatable bonds is 4.